The maximum absolute atomic E-state index is 12.1. The Morgan fingerprint density at radius 2 is 1.82 bits per heavy atom. The van der Waals surface area contributed by atoms with E-state index in [1.54, 1.807) is 36.3 Å². The number of benzene rings is 1. The van der Waals surface area contributed by atoms with Crippen molar-refractivity contribution in [3.05, 3.63) is 54.5 Å². The Morgan fingerprint density at radius 3 is 2.54 bits per heavy atom. The minimum atomic E-state index is 0.00874. The number of hydrogen-bond donors (Lipinski definition) is 0. The van der Waals surface area contributed by atoms with Gasteiger partial charge in [-0.05, 0) is 24.1 Å². The zero-order chi connectivity index (χ0) is 19.5. The standard InChI is InChI=1S/C20H20N6O2/c1-25(2)20(27)26-10-8-14(9-11-26)16-12-21-13-17(22-16)19-24-23-18(28-19)15-6-4-3-5-7-15/h3-8,12-13H,9-11H2,1-2H3. The van der Waals surface area contributed by atoms with Gasteiger partial charge in [0.1, 0.15) is 5.69 Å². The van der Waals surface area contributed by atoms with Gasteiger partial charge in [-0.2, -0.15) is 0 Å². The van der Waals surface area contributed by atoms with Crippen molar-refractivity contribution in [1.82, 2.24) is 30.0 Å². The molecule has 142 valence electrons. The van der Waals surface area contributed by atoms with Crippen LogP contribution in [0.3, 0.4) is 0 Å². The van der Waals surface area contributed by atoms with E-state index in [1.807, 2.05) is 36.4 Å². The molecule has 2 amide bonds. The molecule has 0 fully saturated rings. The highest BCUT2D eigenvalue weighted by molar-refractivity contribution is 5.76. The van der Waals surface area contributed by atoms with Gasteiger partial charge in [0.05, 0.1) is 18.1 Å². The average molecular weight is 376 g/mol. The maximum Gasteiger partial charge on any atom is 0.319 e. The Bertz CT molecular complexity index is 1010. The smallest absolute Gasteiger partial charge is 0.319 e. The second kappa shape index (κ2) is 7.59. The Morgan fingerprint density at radius 1 is 1.07 bits per heavy atom. The van der Waals surface area contributed by atoms with E-state index in [1.165, 1.54) is 0 Å². The molecule has 0 saturated heterocycles. The van der Waals surface area contributed by atoms with Crippen LogP contribution in [-0.4, -0.2) is 63.2 Å². The fraction of sp³-hybridized carbons (Fsp3) is 0.250. The largest absolute Gasteiger partial charge is 0.415 e. The lowest BCUT2D eigenvalue weighted by molar-refractivity contribution is 0.176. The Hall–Kier alpha value is -3.55. The van der Waals surface area contributed by atoms with E-state index in [-0.39, 0.29) is 6.03 Å². The molecule has 0 atom stereocenters. The summed E-state index contributed by atoms with van der Waals surface area (Å²) in [5.74, 6) is 0.770. The van der Waals surface area contributed by atoms with Crippen molar-refractivity contribution < 1.29 is 9.21 Å². The Labute approximate surface area is 162 Å². The van der Waals surface area contributed by atoms with Crippen LogP contribution in [0.15, 0.2) is 53.2 Å². The first-order chi connectivity index (χ1) is 13.6. The van der Waals surface area contributed by atoms with Gasteiger partial charge in [-0.3, -0.25) is 4.98 Å². The summed E-state index contributed by atoms with van der Waals surface area (Å²) in [4.78, 5) is 24.4. The lowest BCUT2D eigenvalue weighted by Gasteiger charge is -2.28. The van der Waals surface area contributed by atoms with E-state index in [2.05, 4.69) is 20.2 Å². The second-order valence-electron chi connectivity index (χ2n) is 6.67. The molecule has 3 heterocycles. The lowest BCUT2D eigenvalue weighted by atomic mass is 10.1. The van der Waals surface area contributed by atoms with Crippen LogP contribution in [-0.2, 0) is 0 Å². The highest BCUT2D eigenvalue weighted by atomic mass is 16.4. The number of rotatable bonds is 3. The monoisotopic (exact) mass is 376 g/mol. The van der Waals surface area contributed by atoms with E-state index < -0.39 is 0 Å². The van der Waals surface area contributed by atoms with Crippen molar-refractivity contribution in [1.29, 1.82) is 0 Å². The fourth-order valence-corrected chi connectivity index (χ4v) is 3.01. The molecular weight excluding hydrogens is 356 g/mol. The van der Waals surface area contributed by atoms with Gasteiger partial charge in [-0.15, -0.1) is 10.2 Å². The van der Waals surface area contributed by atoms with Crippen LogP contribution in [0.2, 0.25) is 0 Å². The summed E-state index contributed by atoms with van der Waals surface area (Å²) in [6, 6.07) is 9.59. The van der Waals surface area contributed by atoms with Gasteiger partial charge in [-0.25, -0.2) is 9.78 Å². The van der Waals surface area contributed by atoms with E-state index in [0.717, 1.165) is 23.3 Å². The van der Waals surface area contributed by atoms with Gasteiger partial charge in [0.25, 0.3) is 5.89 Å². The van der Waals surface area contributed by atoms with Gasteiger partial charge >= 0.3 is 6.03 Å². The summed E-state index contributed by atoms with van der Waals surface area (Å²) < 4.78 is 5.77. The molecule has 0 radical (unpaired) electrons. The normalized spacial score (nSPS) is 13.9. The number of aromatic nitrogens is 4. The van der Waals surface area contributed by atoms with Gasteiger partial charge < -0.3 is 14.2 Å². The molecule has 2 aromatic heterocycles. The minimum Gasteiger partial charge on any atom is -0.415 e. The van der Waals surface area contributed by atoms with Crippen LogP contribution in [0.25, 0.3) is 28.6 Å². The van der Waals surface area contributed by atoms with E-state index in [0.29, 0.717) is 30.6 Å². The first-order valence-corrected chi connectivity index (χ1v) is 8.99. The molecule has 0 N–H and O–H groups in total. The SMILES string of the molecule is CN(C)C(=O)N1CC=C(c2cncc(-c3nnc(-c4ccccc4)o3)n2)CC1. The molecule has 0 spiro atoms. The van der Waals surface area contributed by atoms with Crippen molar-refractivity contribution in [2.24, 2.45) is 0 Å². The molecule has 28 heavy (non-hydrogen) atoms. The predicted octanol–water partition coefficient (Wildman–Crippen LogP) is 2.96. The van der Waals surface area contributed by atoms with Crippen molar-refractivity contribution >= 4 is 11.6 Å². The van der Waals surface area contributed by atoms with E-state index >= 15 is 0 Å². The molecule has 3 aromatic rings. The topological polar surface area (TPSA) is 88.3 Å². The third kappa shape index (κ3) is 3.62. The number of nitrogens with zero attached hydrogens (tertiary/aromatic N) is 6. The highest BCUT2D eigenvalue weighted by Crippen LogP contribution is 2.25. The van der Waals surface area contributed by atoms with Crippen LogP contribution in [0, 0.1) is 0 Å². The average Bonchev–Trinajstić information content (AvgIpc) is 3.24. The molecule has 0 aliphatic carbocycles. The van der Waals surface area contributed by atoms with E-state index in [4.69, 9.17) is 4.42 Å². The summed E-state index contributed by atoms with van der Waals surface area (Å²) in [6.07, 6.45) is 6.06. The summed E-state index contributed by atoms with van der Waals surface area (Å²) in [7, 11) is 3.51. The molecular formula is C20H20N6O2. The maximum atomic E-state index is 12.1. The first-order valence-electron chi connectivity index (χ1n) is 8.99. The Kier molecular flexibility index (Phi) is 4.84. The number of amides is 2. The number of hydrogen-bond acceptors (Lipinski definition) is 6. The van der Waals surface area contributed by atoms with Gasteiger partial charge in [0.2, 0.25) is 5.89 Å². The number of carbonyl (C=O) groups excluding carboxylic acids is 1. The molecule has 0 saturated carbocycles. The van der Waals surface area contributed by atoms with Crippen LogP contribution >= 0.6 is 0 Å². The van der Waals surface area contributed by atoms with E-state index in [9.17, 15) is 4.79 Å². The van der Waals surface area contributed by atoms with Crippen LogP contribution in [0.1, 0.15) is 12.1 Å². The third-order valence-electron chi connectivity index (χ3n) is 4.49. The molecule has 8 heteroatoms. The molecule has 0 unspecified atom stereocenters. The first kappa shape index (κ1) is 17.8. The molecule has 1 aromatic carbocycles. The molecule has 1 aliphatic heterocycles. The zero-order valence-corrected chi connectivity index (χ0v) is 15.7. The van der Waals surface area contributed by atoms with Gasteiger partial charge in [-0.1, -0.05) is 24.3 Å². The van der Waals surface area contributed by atoms with Crippen LogP contribution in [0.5, 0.6) is 0 Å². The number of urea groups is 1. The van der Waals surface area contributed by atoms with Crippen molar-refractivity contribution in [2.75, 3.05) is 27.2 Å². The predicted molar refractivity (Wildman–Crippen MR) is 104 cm³/mol. The molecule has 0 bridgehead atoms. The lowest BCUT2D eigenvalue weighted by Crippen LogP contribution is -2.41. The van der Waals surface area contributed by atoms with Gasteiger partial charge in [0.15, 0.2) is 0 Å². The van der Waals surface area contributed by atoms with Crippen molar-refractivity contribution in [3.8, 4) is 23.0 Å². The summed E-state index contributed by atoms with van der Waals surface area (Å²) in [5, 5.41) is 8.21. The van der Waals surface area contributed by atoms with Crippen molar-refractivity contribution in [3.63, 3.8) is 0 Å². The molecule has 8 nitrogen and oxygen atoms in total. The third-order valence-corrected chi connectivity index (χ3v) is 4.49. The number of carbonyl (C=O) groups is 1. The minimum absolute atomic E-state index is 0.00874. The second-order valence-corrected chi connectivity index (χ2v) is 6.67. The Balaban J connectivity index is 1.55. The van der Waals surface area contributed by atoms with Crippen LogP contribution in [0.4, 0.5) is 4.79 Å². The highest BCUT2D eigenvalue weighted by Gasteiger charge is 2.20. The van der Waals surface area contributed by atoms with Crippen LogP contribution < -0.4 is 0 Å². The van der Waals surface area contributed by atoms with Gasteiger partial charge in [0, 0.05) is 32.7 Å². The quantitative estimate of drug-likeness (QED) is 0.698. The van der Waals surface area contributed by atoms with Crippen molar-refractivity contribution in [2.45, 2.75) is 6.42 Å². The summed E-state index contributed by atoms with van der Waals surface area (Å²) in [6.45, 7) is 1.20. The fourth-order valence-electron chi connectivity index (χ4n) is 3.01. The summed E-state index contributed by atoms with van der Waals surface area (Å²) >= 11 is 0. The molecule has 4 rings (SSSR count). The zero-order valence-electron chi connectivity index (χ0n) is 15.7. The summed E-state index contributed by atoms with van der Waals surface area (Å²) in [5.41, 5.74) is 3.19. The molecule has 1 aliphatic rings.